The van der Waals surface area contributed by atoms with Crippen molar-refractivity contribution < 1.29 is 4.74 Å². The summed E-state index contributed by atoms with van der Waals surface area (Å²) in [6.07, 6.45) is 1.63. The Bertz CT molecular complexity index is 420. The first-order chi connectivity index (χ1) is 6.86. The van der Waals surface area contributed by atoms with Crippen LogP contribution >= 0.6 is 12.4 Å². The summed E-state index contributed by atoms with van der Waals surface area (Å²) in [7, 11) is 0. The lowest BCUT2D eigenvalue weighted by atomic mass is 10.3. The van der Waals surface area contributed by atoms with E-state index in [0.29, 0.717) is 11.6 Å². The fourth-order valence-electron chi connectivity index (χ4n) is 1.10. The molecule has 4 heteroatoms. The topological polar surface area (TPSA) is 48.1 Å². The molecule has 0 fully saturated rings. The Morgan fingerprint density at radius 1 is 1.00 bits per heavy atom. The van der Waals surface area contributed by atoms with Gasteiger partial charge in [0.1, 0.15) is 5.75 Å². The van der Waals surface area contributed by atoms with E-state index in [1.165, 1.54) is 0 Å². The molecule has 0 bridgehead atoms. The second-order valence-corrected chi connectivity index (χ2v) is 2.80. The summed E-state index contributed by atoms with van der Waals surface area (Å²) in [5.74, 6) is 1.74. The fourth-order valence-corrected chi connectivity index (χ4v) is 1.10. The molecule has 0 unspecified atom stereocenters. The smallest absolute Gasteiger partial charge is 0.169 e. The summed E-state index contributed by atoms with van der Waals surface area (Å²) in [6.45, 7) is 0. The van der Waals surface area contributed by atoms with Gasteiger partial charge >= 0.3 is 0 Å². The average molecular weight is 223 g/mol. The van der Waals surface area contributed by atoms with Crippen LogP contribution in [0, 0.1) is 0 Å². The highest BCUT2D eigenvalue weighted by molar-refractivity contribution is 5.85. The van der Waals surface area contributed by atoms with Crippen molar-refractivity contribution in [3.05, 3.63) is 48.7 Å². The number of benzene rings is 1. The van der Waals surface area contributed by atoms with Gasteiger partial charge in [0.05, 0.1) is 0 Å². The standard InChI is InChI=1S/C11H10N2O.ClH/c12-11-10(7-4-8-13-11)14-9-5-2-1-3-6-9;/h1-8H,(H2,12,13);1H. The van der Waals surface area contributed by atoms with Gasteiger partial charge in [0.2, 0.25) is 0 Å². The third-order valence-corrected chi connectivity index (χ3v) is 1.77. The molecular weight excluding hydrogens is 212 g/mol. The number of pyridine rings is 1. The minimum Gasteiger partial charge on any atom is -0.453 e. The number of hydrogen-bond donors (Lipinski definition) is 1. The zero-order valence-electron chi connectivity index (χ0n) is 7.96. The van der Waals surface area contributed by atoms with Crippen LogP contribution in [0.3, 0.4) is 0 Å². The van der Waals surface area contributed by atoms with Crippen molar-refractivity contribution in [1.82, 2.24) is 4.98 Å². The highest BCUT2D eigenvalue weighted by Gasteiger charge is 2.00. The van der Waals surface area contributed by atoms with Crippen molar-refractivity contribution in [3.8, 4) is 11.5 Å². The van der Waals surface area contributed by atoms with E-state index in [1.807, 2.05) is 30.3 Å². The molecule has 0 aliphatic heterocycles. The van der Waals surface area contributed by atoms with Crippen molar-refractivity contribution >= 4 is 18.2 Å². The van der Waals surface area contributed by atoms with E-state index in [0.717, 1.165) is 5.75 Å². The van der Waals surface area contributed by atoms with E-state index in [1.54, 1.807) is 18.3 Å². The SMILES string of the molecule is Cl.Nc1ncccc1Oc1ccccc1. The van der Waals surface area contributed by atoms with Crippen molar-refractivity contribution in [2.45, 2.75) is 0 Å². The molecule has 0 atom stereocenters. The maximum Gasteiger partial charge on any atom is 0.169 e. The summed E-state index contributed by atoms with van der Waals surface area (Å²) in [4.78, 5) is 3.93. The van der Waals surface area contributed by atoms with Crippen molar-refractivity contribution in [2.24, 2.45) is 0 Å². The van der Waals surface area contributed by atoms with Crippen molar-refractivity contribution in [1.29, 1.82) is 0 Å². The first kappa shape index (κ1) is 11.3. The Labute approximate surface area is 94.3 Å². The number of aromatic nitrogens is 1. The van der Waals surface area contributed by atoms with Crippen LogP contribution in [-0.2, 0) is 0 Å². The Morgan fingerprint density at radius 3 is 2.40 bits per heavy atom. The molecule has 2 aromatic rings. The predicted molar refractivity (Wildman–Crippen MR) is 62.4 cm³/mol. The number of anilines is 1. The zero-order valence-corrected chi connectivity index (χ0v) is 8.78. The third-order valence-electron chi connectivity index (χ3n) is 1.77. The zero-order chi connectivity index (χ0) is 9.80. The highest BCUT2D eigenvalue weighted by atomic mass is 35.5. The molecule has 1 heterocycles. The van der Waals surface area contributed by atoms with Crippen LogP contribution < -0.4 is 10.5 Å². The molecule has 3 nitrogen and oxygen atoms in total. The van der Waals surface area contributed by atoms with E-state index >= 15 is 0 Å². The lowest BCUT2D eigenvalue weighted by Gasteiger charge is -2.06. The maximum atomic E-state index is 5.63. The molecule has 1 aromatic carbocycles. The van der Waals surface area contributed by atoms with Gasteiger partial charge in [-0.1, -0.05) is 18.2 Å². The third kappa shape index (κ3) is 2.86. The van der Waals surface area contributed by atoms with Crippen LogP contribution in [0.15, 0.2) is 48.7 Å². The number of halogens is 1. The molecule has 0 aliphatic rings. The van der Waals surface area contributed by atoms with Crippen LogP contribution in [0.5, 0.6) is 11.5 Å². The molecule has 78 valence electrons. The number of nitrogens with zero attached hydrogens (tertiary/aromatic N) is 1. The van der Waals surface area contributed by atoms with Crippen LogP contribution in [0.25, 0.3) is 0 Å². The van der Waals surface area contributed by atoms with E-state index < -0.39 is 0 Å². The molecule has 0 amide bonds. The second-order valence-electron chi connectivity index (χ2n) is 2.80. The number of ether oxygens (including phenoxy) is 1. The molecule has 0 radical (unpaired) electrons. The number of nitrogen functional groups attached to an aromatic ring is 1. The quantitative estimate of drug-likeness (QED) is 0.850. The summed E-state index contributed by atoms with van der Waals surface area (Å²) in [5, 5.41) is 0. The van der Waals surface area contributed by atoms with E-state index in [4.69, 9.17) is 10.5 Å². The summed E-state index contributed by atoms with van der Waals surface area (Å²) in [6, 6.07) is 13.0. The van der Waals surface area contributed by atoms with Crippen LogP contribution in [0.1, 0.15) is 0 Å². The molecule has 2 rings (SSSR count). The van der Waals surface area contributed by atoms with Crippen molar-refractivity contribution in [3.63, 3.8) is 0 Å². The summed E-state index contributed by atoms with van der Waals surface area (Å²) in [5.41, 5.74) is 5.63. The molecule has 0 saturated heterocycles. The Kier molecular flexibility index (Phi) is 3.94. The Morgan fingerprint density at radius 2 is 1.73 bits per heavy atom. The van der Waals surface area contributed by atoms with Gasteiger partial charge in [-0.25, -0.2) is 4.98 Å². The first-order valence-electron chi connectivity index (χ1n) is 4.29. The molecule has 0 spiro atoms. The van der Waals surface area contributed by atoms with Crippen molar-refractivity contribution in [2.75, 3.05) is 5.73 Å². The van der Waals surface area contributed by atoms with E-state index in [-0.39, 0.29) is 12.4 Å². The second kappa shape index (κ2) is 5.22. The Balaban J connectivity index is 0.00000112. The Hall–Kier alpha value is -1.74. The number of para-hydroxylation sites is 1. The van der Waals surface area contributed by atoms with Gasteiger partial charge in [0.25, 0.3) is 0 Å². The molecular formula is C11H11ClN2O. The van der Waals surface area contributed by atoms with Gasteiger partial charge in [-0.2, -0.15) is 0 Å². The molecule has 0 aliphatic carbocycles. The number of hydrogen-bond acceptors (Lipinski definition) is 3. The monoisotopic (exact) mass is 222 g/mol. The maximum absolute atomic E-state index is 5.63. The summed E-state index contributed by atoms with van der Waals surface area (Å²) >= 11 is 0. The number of nitrogens with two attached hydrogens (primary N) is 1. The minimum absolute atomic E-state index is 0. The van der Waals surface area contributed by atoms with Gasteiger partial charge in [0, 0.05) is 6.20 Å². The van der Waals surface area contributed by atoms with Crippen LogP contribution in [-0.4, -0.2) is 4.98 Å². The molecule has 1 aromatic heterocycles. The van der Waals surface area contributed by atoms with E-state index in [2.05, 4.69) is 4.98 Å². The first-order valence-corrected chi connectivity index (χ1v) is 4.29. The van der Waals surface area contributed by atoms with E-state index in [9.17, 15) is 0 Å². The van der Waals surface area contributed by atoms with Crippen LogP contribution in [0.4, 0.5) is 5.82 Å². The molecule has 0 saturated carbocycles. The highest BCUT2D eigenvalue weighted by Crippen LogP contribution is 2.24. The van der Waals surface area contributed by atoms with Gasteiger partial charge in [-0.15, -0.1) is 12.4 Å². The fraction of sp³-hybridized carbons (Fsp3) is 0. The van der Waals surface area contributed by atoms with Gasteiger partial charge < -0.3 is 10.5 Å². The molecule has 15 heavy (non-hydrogen) atoms. The molecule has 2 N–H and O–H groups in total. The summed E-state index contributed by atoms with van der Waals surface area (Å²) < 4.78 is 5.52. The van der Waals surface area contributed by atoms with Crippen LogP contribution in [0.2, 0.25) is 0 Å². The predicted octanol–water partition coefficient (Wildman–Crippen LogP) is 2.88. The lowest BCUT2D eigenvalue weighted by molar-refractivity contribution is 0.483. The minimum atomic E-state index is 0. The lowest BCUT2D eigenvalue weighted by Crippen LogP contribution is -1.93. The van der Waals surface area contributed by atoms with Gasteiger partial charge in [0.15, 0.2) is 11.6 Å². The normalized spacial score (nSPS) is 9.07. The number of rotatable bonds is 2. The van der Waals surface area contributed by atoms with Gasteiger partial charge in [-0.05, 0) is 24.3 Å². The van der Waals surface area contributed by atoms with Gasteiger partial charge in [-0.3, -0.25) is 0 Å². The largest absolute Gasteiger partial charge is 0.453 e. The average Bonchev–Trinajstić information content (AvgIpc) is 2.23.